The molecule has 1 aliphatic heterocycles. The Morgan fingerprint density at radius 2 is 1.84 bits per heavy atom. The predicted octanol–water partition coefficient (Wildman–Crippen LogP) is 4.12. The summed E-state index contributed by atoms with van der Waals surface area (Å²) in [5, 5.41) is 4.23. The monoisotopic (exact) mass is 473 g/mol. The molecule has 1 N–H and O–H groups in total. The van der Waals surface area contributed by atoms with Gasteiger partial charge in [0, 0.05) is 42.9 Å². The Balaban J connectivity index is 1.32. The van der Waals surface area contributed by atoms with Crippen molar-refractivity contribution in [3.05, 3.63) is 75.4 Å². The summed E-state index contributed by atoms with van der Waals surface area (Å²) in [5.74, 6) is -0.114. The second-order valence-electron chi connectivity index (χ2n) is 8.35. The number of amides is 2. The zero-order chi connectivity index (χ0) is 22.8. The van der Waals surface area contributed by atoms with E-state index in [1.165, 1.54) is 16.0 Å². The van der Waals surface area contributed by atoms with Crippen LogP contribution in [0.1, 0.15) is 28.8 Å². The van der Waals surface area contributed by atoms with Crippen LogP contribution in [0, 0.1) is 0 Å². The molecule has 0 saturated heterocycles. The van der Waals surface area contributed by atoms with Crippen LogP contribution in [-0.2, 0) is 11.3 Å². The van der Waals surface area contributed by atoms with E-state index < -0.39 is 0 Å². The molecule has 1 aliphatic carbocycles. The molecule has 2 amide bonds. The van der Waals surface area contributed by atoms with E-state index >= 15 is 0 Å². The minimum atomic E-state index is -0.234. The first-order valence-corrected chi connectivity index (χ1v) is 11.2. The Hall–Kier alpha value is -2.70. The van der Waals surface area contributed by atoms with E-state index in [0.717, 1.165) is 24.4 Å². The molecule has 2 bridgehead atoms. The summed E-state index contributed by atoms with van der Waals surface area (Å²) in [6.07, 6.45) is 3.98. The highest BCUT2D eigenvalue weighted by Crippen LogP contribution is 2.37. The summed E-state index contributed by atoms with van der Waals surface area (Å²) in [6.45, 7) is 0.659. The third-order valence-electron chi connectivity index (χ3n) is 5.78. The molecule has 168 valence electrons. The molecule has 0 radical (unpaired) electrons. The SMILES string of the molecule is CN(C)C(=O)c1cc(Cl)ccc1OCC(=O)N[C@@H]1C[C@@H]2CC1=CN2Cc1ccc(Cl)cc1. The maximum absolute atomic E-state index is 12.5. The van der Waals surface area contributed by atoms with Gasteiger partial charge in [-0.15, -0.1) is 0 Å². The lowest BCUT2D eigenvalue weighted by molar-refractivity contribution is -0.123. The molecule has 0 aromatic heterocycles. The van der Waals surface area contributed by atoms with E-state index in [4.69, 9.17) is 27.9 Å². The Kier molecular flexibility index (Phi) is 6.63. The topological polar surface area (TPSA) is 61.9 Å². The molecule has 2 atom stereocenters. The van der Waals surface area contributed by atoms with Crippen molar-refractivity contribution in [2.45, 2.75) is 31.5 Å². The average Bonchev–Trinajstić information content (AvgIpc) is 3.33. The highest BCUT2D eigenvalue weighted by Gasteiger charge is 2.38. The molecule has 8 heteroatoms. The number of carbonyl (C=O) groups is 2. The van der Waals surface area contributed by atoms with E-state index in [2.05, 4.69) is 16.4 Å². The van der Waals surface area contributed by atoms with Crippen LogP contribution in [0.5, 0.6) is 5.75 Å². The number of nitrogens with one attached hydrogen (secondary N) is 1. The first kappa shape index (κ1) is 22.5. The Morgan fingerprint density at radius 3 is 2.50 bits per heavy atom. The van der Waals surface area contributed by atoms with Crippen molar-refractivity contribution >= 4 is 35.0 Å². The first-order valence-electron chi connectivity index (χ1n) is 10.4. The number of halogens is 2. The standard InChI is InChI=1S/C24H25Cl2N3O3/c1-28(2)24(31)20-10-18(26)7-8-22(20)32-14-23(30)27-21-11-19-9-16(21)13-29(19)12-15-3-5-17(25)6-4-15/h3-8,10,13,19,21H,9,11-12,14H2,1-2H3,(H,27,30)/t19-,21+/m0/s1. The summed E-state index contributed by atoms with van der Waals surface area (Å²) in [4.78, 5) is 28.7. The molecule has 0 spiro atoms. The molecule has 0 unspecified atom stereocenters. The highest BCUT2D eigenvalue weighted by atomic mass is 35.5. The highest BCUT2D eigenvalue weighted by molar-refractivity contribution is 6.31. The minimum absolute atomic E-state index is 0.0191. The van der Waals surface area contributed by atoms with Crippen molar-refractivity contribution in [2.75, 3.05) is 20.7 Å². The van der Waals surface area contributed by atoms with Crippen LogP contribution >= 0.6 is 23.2 Å². The van der Waals surface area contributed by atoms with Crippen LogP contribution in [0.4, 0.5) is 0 Å². The van der Waals surface area contributed by atoms with Gasteiger partial charge < -0.3 is 19.9 Å². The van der Waals surface area contributed by atoms with Gasteiger partial charge in [-0.25, -0.2) is 0 Å². The molecular weight excluding hydrogens is 449 g/mol. The van der Waals surface area contributed by atoms with Gasteiger partial charge in [-0.2, -0.15) is 0 Å². The van der Waals surface area contributed by atoms with E-state index in [9.17, 15) is 9.59 Å². The maximum atomic E-state index is 12.5. The zero-order valence-electron chi connectivity index (χ0n) is 18.0. The Morgan fingerprint density at radius 1 is 1.12 bits per heavy atom. The van der Waals surface area contributed by atoms with Gasteiger partial charge in [0.1, 0.15) is 5.75 Å². The number of nitrogens with zero attached hydrogens (tertiary/aromatic N) is 2. The van der Waals surface area contributed by atoms with Gasteiger partial charge in [0.15, 0.2) is 6.61 Å². The summed E-state index contributed by atoms with van der Waals surface area (Å²) in [7, 11) is 3.30. The fraction of sp³-hybridized carbons (Fsp3) is 0.333. The predicted molar refractivity (Wildman–Crippen MR) is 125 cm³/mol. The van der Waals surface area contributed by atoms with Crippen LogP contribution in [-0.4, -0.2) is 54.4 Å². The molecule has 6 nitrogen and oxygen atoms in total. The van der Waals surface area contributed by atoms with E-state index in [-0.39, 0.29) is 24.5 Å². The van der Waals surface area contributed by atoms with Crippen molar-refractivity contribution in [2.24, 2.45) is 0 Å². The number of benzene rings is 2. The average molecular weight is 474 g/mol. The zero-order valence-corrected chi connectivity index (χ0v) is 19.5. The Bertz CT molecular complexity index is 1050. The van der Waals surface area contributed by atoms with Crippen molar-refractivity contribution in [1.29, 1.82) is 0 Å². The van der Waals surface area contributed by atoms with Crippen LogP contribution in [0.15, 0.2) is 54.2 Å². The second-order valence-corrected chi connectivity index (χ2v) is 9.22. The summed E-state index contributed by atoms with van der Waals surface area (Å²) < 4.78 is 5.67. The van der Waals surface area contributed by atoms with Gasteiger partial charge in [-0.05, 0) is 54.3 Å². The molecule has 2 aromatic rings. The molecule has 4 rings (SSSR count). The molecular formula is C24H25Cl2N3O3. The number of rotatable bonds is 7. The third-order valence-corrected chi connectivity index (χ3v) is 6.27. The fourth-order valence-corrected chi connectivity index (χ4v) is 4.48. The lowest BCUT2D eigenvalue weighted by Gasteiger charge is -2.28. The normalized spacial score (nSPS) is 19.0. The lowest BCUT2D eigenvalue weighted by atomic mass is 10.1. The van der Waals surface area contributed by atoms with E-state index in [0.29, 0.717) is 22.4 Å². The summed E-state index contributed by atoms with van der Waals surface area (Å²) in [5.41, 5.74) is 2.77. The fourth-order valence-electron chi connectivity index (χ4n) is 4.18. The van der Waals surface area contributed by atoms with Crippen molar-refractivity contribution in [3.8, 4) is 5.75 Å². The minimum Gasteiger partial charge on any atom is -0.483 e. The Labute approximate surface area is 197 Å². The molecule has 1 fully saturated rings. The summed E-state index contributed by atoms with van der Waals surface area (Å²) >= 11 is 12.0. The van der Waals surface area contributed by atoms with Crippen molar-refractivity contribution in [1.82, 2.24) is 15.1 Å². The number of ether oxygens (including phenoxy) is 1. The van der Waals surface area contributed by atoms with Gasteiger partial charge in [-0.1, -0.05) is 35.3 Å². The van der Waals surface area contributed by atoms with Crippen LogP contribution in [0.25, 0.3) is 0 Å². The number of hydrogen-bond acceptors (Lipinski definition) is 4. The lowest BCUT2D eigenvalue weighted by Crippen LogP contribution is -2.41. The van der Waals surface area contributed by atoms with E-state index in [1.807, 2.05) is 24.3 Å². The van der Waals surface area contributed by atoms with Gasteiger partial charge >= 0.3 is 0 Å². The number of hydrogen-bond donors (Lipinski definition) is 1. The van der Waals surface area contributed by atoms with Gasteiger partial charge in [0.25, 0.3) is 11.8 Å². The number of carbonyl (C=O) groups excluding carboxylic acids is 2. The molecule has 2 aliphatic rings. The van der Waals surface area contributed by atoms with Gasteiger partial charge in [0.2, 0.25) is 0 Å². The number of fused-ring (bicyclic) bond motifs is 2. The molecule has 32 heavy (non-hydrogen) atoms. The smallest absolute Gasteiger partial charge is 0.258 e. The van der Waals surface area contributed by atoms with Gasteiger partial charge in [-0.3, -0.25) is 9.59 Å². The van der Waals surface area contributed by atoms with Crippen LogP contribution in [0.2, 0.25) is 10.0 Å². The largest absolute Gasteiger partial charge is 0.483 e. The molecule has 1 heterocycles. The second kappa shape index (κ2) is 9.43. The molecule has 2 aromatic carbocycles. The van der Waals surface area contributed by atoms with Crippen molar-refractivity contribution in [3.63, 3.8) is 0 Å². The third kappa shape index (κ3) is 5.03. The van der Waals surface area contributed by atoms with Crippen LogP contribution in [0.3, 0.4) is 0 Å². The van der Waals surface area contributed by atoms with Crippen LogP contribution < -0.4 is 10.1 Å². The first-order chi connectivity index (χ1) is 15.3. The van der Waals surface area contributed by atoms with Gasteiger partial charge in [0.05, 0.1) is 11.6 Å². The summed E-state index contributed by atoms with van der Waals surface area (Å²) in [6, 6.07) is 13.1. The maximum Gasteiger partial charge on any atom is 0.258 e. The quantitative estimate of drug-likeness (QED) is 0.656. The molecule has 1 saturated carbocycles. The van der Waals surface area contributed by atoms with Crippen molar-refractivity contribution < 1.29 is 14.3 Å². The van der Waals surface area contributed by atoms with E-state index in [1.54, 1.807) is 32.3 Å².